The number of hydrogen-bond donors (Lipinski definition) is 1. The molecular weight excluding hydrogens is 290 g/mol. The van der Waals surface area contributed by atoms with Gasteiger partial charge in [-0.3, -0.25) is 4.98 Å². The van der Waals surface area contributed by atoms with Crippen molar-refractivity contribution in [1.82, 2.24) is 9.97 Å². The molecule has 4 rings (SSSR count). The average molecular weight is 309 g/mol. The first-order valence-corrected chi connectivity index (χ1v) is 8.76. The Morgan fingerprint density at radius 2 is 2.14 bits per heavy atom. The minimum atomic E-state index is 0.904. The summed E-state index contributed by atoms with van der Waals surface area (Å²) in [7, 11) is 0. The maximum Gasteiger partial charge on any atom is 0.183 e. The van der Waals surface area contributed by atoms with E-state index >= 15 is 0 Å². The van der Waals surface area contributed by atoms with Gasteiger partial charge in [-0.15, -0.1) is 11.3 Å². The van der Waals surface area contributed by atoms with Crippen LogP contribution in [-0.2, 0) is 12.8 Å². The van der Waals surface area contributed by atoms with E-state index < -0.39 is 0 Å². The Kier molecular flexibility index (Phi) is 3.34. The van der Waals surface area contributed by atoms with E-state index in [1.54, 1.807) is 11.3 Å². The van der Waals surface area contributed by atoms with Crippen LogP contribution in [0.3, 0.4) is 0 Å². The number of nitrogens with one attached hydrogen (secondary N) is 1. The number of thiazole rings is 1. The maximum absolute atomic E-state index is 4.89. The fraction of sp³-hybridized carbons (Fsp3) is 0.333. The number of anilines is 1. The van der Waals surface area contributed by atoms with Gasteiger partial charge in [0.25, 0.3) is 0 Å². The lowest BCUT2D eigenvalue weighted by molar-refractivity contribution is 0.901. The van der Waals surface area contributed by atoms with E-state index in [0.717, 1.165) is 35.7 Å². The van der Waals surface area contributed by atoms with Crippen molar-refractivity contribution in [2.75, 3.05) is 11.9 Å². The Bertz CT molecular complexity index is 851. The number of nitrogens with zero attached hydrogens (tertiary/aromatic N) is 2. The van der Waals surface area contributed by atoms with Gasteiger partial charge in [-0.05, 0) is 50.8 Å². The molecule has 3 nitrogen and oxygen atoms in total. The van der Waals surface area contributed by atoms with Crippen molar-refractivity contribution >= 4 is 27.4 Å². The Labute approximate surface area is 134 Å². The van der Waals surface area contributed by atoms with Crippen LogP contribution in [0.5, 0.6) is 0 Å². The predicted molar refractivity (Wildman–Crippen MR) is 93.8 cm³/mol. The molecule has 22 heavy (non-hydrogen) atoms. The highest BCUT2D eigenvalue weighted by Crippen LogP contribution is 2.38. The first kappa shape index (κ1) is 13.7. The van der Waals surface area contributed by atoms with Crippen molar-refractivity contribution < 1.29 is 0 Å². The molecule has 0 saturated heterocycles. The number of hydrogen-bond acceptors (Lipinski definition) is 4. The molecule has 0 bridgehead atoms. The van der Waals surface area contributed by atoms with Crippen molar-refractivity contribution in [3.8, 4) is 11.3 Å². The summed E-state index contributed by atoms with van der Waals surface area (Å²) in [5.74, 6) is 0. The molecule has 0 amide bonds. The van der Waals surface area contributed by atoms with Crippen molar-refractivity contribution in [2.24, 2.45) is 0 Å². The van der Waals surface area contributed by atoms with E-state index in [-0.39, 0.29) is 0 Å². The summed E-state index contributed by atoms with van der Waals surface area (Å²) in [5.41, 5.74) is 7.45. The summed E-state index contributed by atoms with van der Waals surface area (Å²) in [5, 5.41) is 7.74. The number of aryl methyl sites for hydroxylation is 2. The topological polar surface area (TPSA) is 37.8 Å². The highest BCUT2D eigenvalue weighted by molar-refractivity contribution is 7.14. The van der Waals surface area contributed by atoms with Crippen molar-refractivity contribution in [2.45, 2.75) is 33.1 Å². The van der Waals surface area contributed by atoms with Gasteiger partial charge in [0.15, 0.2) is 5.13 Å². The fourth-order valence-corrected chi connectivity index (χ4v) is 4.06. The summed E-state index contributed by atoms with van der Waals surface area (Å²) in [6.07, 6.45) is 3.42. The molecule has 1 aliphatic rings. The van der Waals surface area contributed by atoms with E-state index in [1.807, 2.05) is 0 Å². The third-order valence-corrected chi connectivity index (χ3v) is 5.06. The van der Waals surface area contributed by atoms with Crippen LogP contribution in [0.4, 0.5) is 5.13 Å². The average Bonchev–Trinajstić information content (AvgIpc) is 3.14. The molecule has 2 aromatic heterocycles. The van der Waals surface area contributed by atoms with Crippen molar-refractivity contribution in [3.63, 3.8) is 0 Å². The predicted octanol–water partition coefficient (Wildman–Crippen LogP) is 4.59. The number of benzene rings is 1. The van der Waals surface area contributed by atoms with Gasteiger partial charge in [-0.25, -0.2) is 4.98 Å². The van der Waals surface area contributed by atoms with E-state index in [9.17, 15) is 0 Å². The fourth-order valence-electron chi connectivity index (χ4n) is 3.29. The molecule has 4 heteroatoms. The lowest BCUT2D eigenvalue weighted by Crippen LogP contribution is -1.98. The Morgan fingerprint density at radius 1 is 1.23 bits per heavy atom. The van der Waals surface area contributed by atoms with E-state index in [2.05, 4.69) is 42.7 Å². The monoisotopic (exact) mass is 309 g/mol. The molecule has 1 N–H and O–H groups in total. The standard InChI is InChI=1S/C18H19N3S/c1-3-19-18-21-16(10-22-18)17-12-5-4-6-14(12)20-15-8-7-11(2)9-13(15)17/h7-10H,3-6H2,1-2H3,(H,19,21). The zero-order valence-electron chi connectivity index (χ0n) is 12.9. The number of aromatic nitrogens is 2. The molecule has 0 unspecified atom stereocenters. The van der Waals surface area contributed by atoms with Gasteiger partial charge in [0.2, 0.25) is 0 Å². The molecule has 0 fully saturated rings. The molecule has 0 atom stereocenters. The largest absolute Gasteiger partial charge is 0.362 e. The molecule has 0 saturated carbocycles. The Morgan fingerprint density at radius 3 is 3.00 bits per heavy atom. The van der Waals surface area contributed by atoms with Crippen LogP contribution in [0.25, 0.3) is 22.2 Å². The van der Waals surface area contributed by atoms with Crippen LogP contribution >= 0.6 is 11.3 Å². The van der Waals surface area contributed by atoms with Crippen LogP contribution in [0, 0.1) is 6.92 Å². The lowest BCUT2D eigenvalue weighted by atomic mass is 9.98. The molecular formula is C18H19N3S. The molecule has 112 valence electrons. The van der Waals surface area contributed by atoms with Crippen molar-refractivity contribution in [1.29, 1.82) is 0 Å². The minimum absolute atomic E-state index is 0.904. The quantitative estimate of drug-likeness (QED) is 0.769. The van der Waals surface area contributed by atoms with E-state index in [0.29, 0.717) is 0 Å². The van der Waals surface area contributed by atoms with E-state index in [1.165, 1.54) is 34.2 Å². The molecule has 1 aliphatic carbocycles. The normalized spacial score (nSPS) is 13.5. The summed E-state index contributed by atoms with van der Waals surface area (Å²) >= 11 is 1.68. The molecule has 2 heterocycles. The molecule has 1 aromatic carbocycles. The lowest BCUT2D eigenvalue weighted by Gasteiger charge is -2.11. The van der Waals surface area contributed by atoms with Crippen LogP contribution in [-0.4, -0.2) is 16.5 Å². The first-order valence-electron chi connectivity index (χ1n) is 7.88. The van der Waals surface area contributed by atoms with Crippen LogP contribution in [0.2, 0.25) is 0 Å². The molecule has 0 spiro atoms. The highest BCUT2D eigenvalue weighted by Gasteiger charge is 2.22. The second-order valence-electron chi connectivity index (χ2n) is 5.85. The Hall–Kier alpha value is -1.94. The van der Waals surface area contributed by atoms with Crippen LogP contribution in [0.15, 0.2) is 23.6 Å². The zero-order valence-corrected chi connectivity index (χ0v) is 13.8. The maximum atomic E-state index is 4.89. The van der Waals surface area contributed by atoms with Gasteiger partial charge in [0.05, 0.1) is 11.2 Å². The van der Waals surface area contributed by atoms with Crippen LogP contribution < -0.4 is 5.32 Å². The molecule has 0 radical (unpaired) electrons. The van der Waals surface area contributed by atoms with Gasteiger partial charge in [0.1, 0.15) is 0 Å². The number of pyridine rings is 1. The highest BCUT2D eigenvalue weighted by atomic mass is 32.1. The van der Waals surface area contributed by atoms with E-state index in [4.69, 9.17) is 9.97 Å². The second-order valence-corrected chi connectivity index (χ2v) is 6.71. The third kappa shape index (κ3) is 2.18. The first-order chi connectivity index (χ1) is 10.8. The smallest absolute Gasteiger partial charge is 0.183 e. The zero-order chi connectivity index (χ0) is 15.1. The summed E-state index contributed by atoms with van der Waals surface area (Å²) in [6, 6.07) is 6.54. The Balaban J connectivity index is 1.99. The molecule has 3 aromatic rings. The third-order valence-electron chi connectivity index (χ3n) is 4.26. The van der Waals surface area contributed by atoms with Gasteiger partial charge in [-0.1, -0.05) is 11.6 Å². The summed E-state index contributed by atoms with van der Waals surface area (Å²) in [4.78, 5) is 9.69. The second kappa shape index (κ2) is 5.36. The number of fused-ring (bicyclic) bond motifs is 2. The van der Waals surface area contributed by atoms with Gasteiger partial charge < -0.3 is 5.32 Å². The van der Waals surface area contributed by atoms with Gasteiger partial charge >= 0.3 is 0 Å². The van der Waals surface area contributed by atoms with Gasteiger partial charge in [-0.2, -0.15) is 0 Å². The minimum Gasteiger partial charge on any atom is -0.362 e. The van der Waals surface area contributed by atoms with Gasteiger partial charge in [0, 0.05) is 28.6 Å². The summed E-state index contributed by atoms with van der Waals surface area (Å²) in [6.45, 7) is 5.15. The SMILES string of the molecule is CCNc1nc(-c2c3c(nc4ccc(C)cc24)CCC3)cs1. The van der Waals surface area contributed by atoms with Crippen molar-refractivity contribution in [3.05, 3.63) is 40.4 Å². The number of rotatable bonds is 3. The summed E-state index contributed by atoms with van der Waals surface area (Å²) < 4.78 is 0. The molecule has 0 aliphatic heterocycles. The van der Waals surface area contributed by atoms with Crippen LogP contribution in [0.1, 0.15) is 30.2 Å².